The molecule has 0 saturated carbocycles. The third-order valence-corrected chi connectivity index (χ3v) is 2.53. The molecule has 1 aromatic rings. The molecule has 1 fully saturated rings. The minimum Gasteiger partial charge on any atom is -0.475 e. The van der Waals surface area contributed by atoms with Crippen LogP contribution in [0.3, 0.4) is 0 Å². The summed E-state index contributed by atoms with van der Waals surface area (Å²) in [5.41, 5.74) is -0.124. The van der Waals surface area contributed by atoms with Crippen LogP contribution in [0.2, 0.25) is 0 Å². The maximum absolute atomic E-state index is 11.1. The zero-order valence-electron chi connectivity index (χ0n) is 8.77. The number of nitrogens with one attached hydrogen (secondary N) is 1. The highest BCUT2D eigenvalue weighted by atomic mass is 16.5. The highest BCUT2D eigenvalue weighted by Crippen LogP contribution is 2.07. The Bertz CT molecular complexity index is 382. The van der Waals surface area contributed by atoms with Gasteiger partial charge in [0.25, 0.3) is 5.56 Å². The predicted octanol–water partition coefficient (Wildman–Crippen LogP) is -0.0889. The van der Waals surface area contributed by atoms with Crippen LogP contribution < -0.4 is 15.6 Å². The predicted molar refractivity (Wildman–Crippen MR) is 56.0 cm³/mol. The second kappa shape index (κ2) is 4.44. The molecule has 1 atom stereocenters. The fourth-order valence-electron chi connectivity index (χ4n) is 1.64. The Morgan fingerprint density at radius 3 is 3.20 bits per heavy atom. The normalized spacial score (nSPS) is 20.5. The minimum absolute atomic E-state index is 0.124. The smallest absolute Gasteiger partial charge is 0.266 e. The third kappa shape index (κ3) is 2.56. The van der Waals surface area contributed by atoms with Crippen LogP contribution in [-0.4, -0.2) is 29.0 Å². The first-order valence-corrected chi connectivity index (χ1v) is 5.16. The van der Waals surface area contributed by atoms with E-state index in [1.54, 1.807) is 13.1 Å². The van der Waals surface area contributed by atoms with E-state index in [-0.39, 0.29) is 5.56 Å². The number of nitrogens with zero attached hydrogens (tertiary/aromatic N) is 2. The second-order valence-corrected chi connectivity index (χ2v) is 3.74. The highest BCUT2D eigenvalue weighted by Gasteiger charge is 2.14. The summed E-state index contributed by atoms with van der Waals surface area (Å²) in [6.45, 7) is 1.68. The van der Waals surface area contributed by atoms with Crippen molar-refractivity contribution in [3.8, 4) is 5.88 Å². The molecule has 0 bridgehead atoms. The van der Waals surface area contributed by atoms with Gasteiger partial charge in [0, 0.05) is 25.2 Å². The summed E-state index contributed by atoms with van der Waals surface area (Å²) in [5.74, 6) is 0.505. The summed E-state index contributed by atoms with van der Waals surface area (Å²) >= 11 is 0. The molecule has 1 saturated heterocycles. The van der Waals surface area contributed by atoms with Crippen LogP contribution in [0.5, 0.6) is 5.88 Å². The van der Waals surface area contributed by atoms with Gasteiger partial charge >= 0.3 is 0 Å². The molecule has 82 valence electrons. The molecule has 0 aliphatic carbocycles. The van der Waals surface area contributed by atoms with Gasteiger partial charge in [-0.05, 0) is 19.4 Å². The molecular weight excluding hydrogens is 194 g/mol. The molecule has 1 aromatic heterocycles. The molecule has 2 rings (SSSR count). The van der Waals surface area contributed by atoms with Crippen LogP contribution in [0.4, 0.5) is 0 Å². The van der Waals surface area contributed by atoms with Gasteiger partial charge in [-0.3, -0.25) is 4.79 Å². The largest absolute Gasteiger partial charge is 0.475 e. The number of hydrogen-bond acceptors (Lipinski definition) is 4. The van der Waals surface area contributed by atoms with Gasteiger partial charge in [0.15, 0.2) is 0 Å². The summed E-state index contributed by atoms with van der Waals surface area (Å²) in [5, 5.41) is 7.32. The Morgan fingerprint density at radius 2 is 2.53 bits per heavy atom. The lowest BCUT2D eigenvalue weighted by Gasteiger charge is -2.11. The lowest BCUT2D eigenvalue weighted by molar-refractivity contribution is 0.261. The summed E-state index contributed by atoms with van der Waals surface area (Å²) < 4.78 is 6.77. The van der Waals surface area contributed by atoms with E-state index in [1.165, 1.54) is 17.2 Å². The molecule has 2 heterocycles. The zero-order chi connectivity index (χ0) is 10.7. The average molecular weight is 209 g/mol. The van der Waals surface area contributed by atoms with Crippen molar-refractivity contribution in [2.24, 2.45) is 7.05 Å². The molecule has 0 aromatic carbocycles. The highest BCUT2D eigenvalue weighted by molar-refractivity contribution is 5.06. The van der Waals surface area contributed by atoms with Crippen LogP contribution in [-0.2, 0) is 7.05 Å². The molecule has 0 amide bonds. The summed E-state index contributed by atoms with van der Waals surface area (Å²) in [6.07, 6.45) is 2.35. The standard InChI is InChI=1S/C10H15N3O2/c1-13-10(14)5-4-9(12-13)15-7-8-3-2-6-11-8/h4-5,8,11H,2-3,6-7H2,1H3. The summed E-state index contributed by atoms with van der Waals surface area (Å²) in [6, 6.07) is 3.49. The number of ether oxygens (including phenoxy) is 1. The number of aromatic nitrogens is 2. The lowest BCUT2D eigenvalue weighted by Crippen LogP contribution is -2.29. The first-order chi connectivity index (χ1) is 7.25. The minimum atomic E-state index is -0.124. The van der Waals surface area contributed by atoms with E-state index in [2.05, 4.69) is 10.4 Å². The SMILES string of the molecule is Cn1nc(OCC2CCCN2)ccc1=O. The van der Waals surface area contributed by atoms with E-state index in [0.29, 0.717) is 18.5 Å². The molecule has 5 nitrogen and oxygen atoms in total. The monoisotopic (exact) mass is 209 g/mol. The van der Waals surface area contributed by atoms with E-state index in [0.717, 1.165) is 13.0 Å². The number of aryl methyl sites for hydroxylation is 1. The summed E-state index contributed by atoms with van der Waals surface area (Å²) in [4.78, 5) is 11.1. The molecule has 1 unspecified atom stereocenters. The topological polar surface area (TPSA) is 56.1 Å². The Balaban J connectivity index is 1.92. The van der Waals surface area contributed by atoms with Crippen molar-refractivity contribution in [2.75, 3.05) is 13.2 Å². The fourth-order valence-corrected chi connectivity index (χ4v) is 1.64. The third-order valence-electron chi connectivity index (χ3n) is 2.53. The van der Waals surface area contributed by atoms with Gasteiger partial charge in [0.05, 0.1) is 0 Å². The Hall–Kier alpha value is -1.36. The maximum atomic E-state index is 11.1. The molecule has 0 spiro atoms. The van der Waals surface area contributed by atoms with E-state index < -0.39 is 0 Å². The van der Waals surface area contributed by atoms with Crippen molar-refractivity contribution < 1.29 is 4.74 Å². The molecule has 1 N–H and O–H groups in total. The maximum Gasteiger partial charge on any atom is 0.266 e. The first kappa shape index (κ1) is 10.2. The average Bonchev–Trinajstić information content (AvgIpc) is 2.73. The van der Waals surface area contributed by atoms with Crippen molar-refractivity contribution in [3.63, 3.8) is 0 Å². The second-order valence-electron chi connectivity index (χ2n) is 3.74. The number of hydrogen-bond donors (Lipinski definition) is 1. The van der Waals surface area contributed by atoms with Gasteiger partial charge in [-0.2, -0.15) is 0 Å². The van der Waals surface area contributed by atoms with Gasteiger partial charge in [0.2, 0.25) is 5.88 Å². The van der Waals surface area contributed by atoms with Gasteiger partial charge < -0.3 is 10.1 Å². The lowest BCUT2D eigenvalue weighted by atomic mass is 10.2. The molecule has 5 heteroatoms. The van der Waals surface area contributed by atoms with E-state index in [9.17, 15) is 4.79 Å². The van der Waals surface area contributed by atoms with Crippen LogP contribution in [0.15, 0.2) is 16.9 Å². The van der Waals surface area contributed by atoms with Crippen molar-refractivity contribution in [3.05, 3.63) is 22.5 Å². The molecule has 1 aliphatic rings. The molecule has 15 heavy (non-hydrogen) atoms. The van der Waals surface area contributed by atoms with Gasteiger partial charge in [0.1, 0.15) is 6.61 Å². The Morgan fingerprint density at radius 1 is 1.67 bits per heavy atom. The van der Waals surface area contributed by atoms with Crippen LogP contribution >= 0.6 is 0 Å². The van der Waals surface area contributed by atoms with Gasteiger partial charge in [-0.15, -0.1) is 5.10 Å². The first-order valence-electron chi connectivity index (χ1n) is 5.16. The Kier molecular flexibility index (Phi) is 3.01. The molecular formula is C10H15N3O2. The number of rotatable bonds is 3. The molecule has 0 radical (unpaired) electrons. The molecule has 1 aliphatic heterocycles. The van der Waals surface area contributed by atoms with Crippen LogP contribution in [0.1, 0.15) is 12.8 Å². The quantitative estimate of drug-likeness (QED) is 0.756. The van der Waals surface area contributed by atoms with Gasteiger partial charge in [-0.25, -0.2) is 4.68 Å². The van der Waals surface area contributed by atoms with Crippen molar-refractivity contribution in [1.29, 1.82) is 0 Å². The summed E-state index contributed by atoms with van der Waals surface area (Å²) in [7, 11) is 1.61. The zero-order valence-corrected chi connectivity index (χ0v) is 8.77. The van der Waals surface area contributed by atoms with Crippen molar-refractivity contribution in [1.82, 2.24) is 15.1 Å². The van der Waals surface area contributed by atoms with E-state index >= 15 is 0 Å². The van der Waals surface area contributed by atoms with E-state index in [1.807, 2.05) is 0 Å². The van der Waals surface area contributed by atoms with E-state index in [4.69, 9.17) is 4.74 Å². The fraction of sp³-hybridized carbons (Fsp3) is 0.600. The van der Waals surface area contributed by atoms with Crippen molar-refractivity contribution >= 4 is 0 Å². The van der Waals surface area contributed by atoms with Gasteiger partial charge in [-0.1, -0.05) is 0 Å². The Labute approximate surface area is 88.1 Å². The van der Waals surface area contributed by atoms with Crippen molar-refractivity contribution in [2.45, 2.75) is 18.9 Å². The van der Waals surface area contributed by atoms with Crippen LogP contribution in [0, 0.1) is 0 Å². The van der Waals surface area contributed by atoms with Crippen LogP contribution in [0.25, 0.3) is 0 Å².